The van der Waals surface area contributed by atoms with Crippen molar-refractivity contribution < 1.29 is 0 Å². The molecule has 3 aromatic rings. The van der Waals surface area contributed by atoms with Crippen LogP contribution < -0.4 is 5.73 Å². The molecular weight excluding hydrogens is 232 g/mol. The number of pyridine rings is 1. The Hall–Kier alpha value is -2.14. The first-order chi connectivity index (χ1) is 8.36. The summed E-state index contributed by atoms with van der Waals surface area (Å²) in [6.07, 6.45) is 1.75. The second-order valence-electron chi connectivity index (χ2n) is 3.55. The summed E-state index contributed by atoms with van der Waals surface area (Å²) in [7, 11) is 0. The minimum Gasteiger partial charge on any atom is -0.382 e. The molecule has 0 bridgehead atoms. The van der Waals surface area contributed by atoms with E-state index in [1.54, 1.807) is 17.5 Å². The summed E-state index contributed by atoms with van der Waals surface area (Å²) in [6.45, 7) is 0. The third-order valence-electron chi connectivity index (χ3n) is 2.48. The van der Waals surface area contributed by atoms with Crippen molar-refractivity contribution in [2.45, 2.75) is 0 Å². The number of rotatable bonds is 2. The fraction of sp³-hybridized carbons (Fsp3) is 0. The van der Waals surface area contributed by atoms with Gasteiger partial charge in [-0.25, -0.2) is 0 Å². The van der Waals surface area contributed by atoms with Crippen LogP contribution in [0, 0.1) is 0 Å². The lowest BCUT2D eigenvalue weighted by Crippen LogP contribution is -1.87. The number of aromatic nitrogens is 3. The van der Waals surface area contributed by atoms with Gasteiger partial charge in [-0.15, -0.1) is 11.3 Å². The largest absolute Gasteiger partial charge is 0.382 e. The normalized spacial score (nSPS) is 10.6. The fourth-order valence-corrected chi connectivity index (χ4v) is 2.51. The molecule has 3 heterocycles. The Kier molecular flexibility index (Phi) is 2.38. The monoisotopic (exact) mass is 242 g/mol. The molecule has 17 heavy (non-hydrogen) atoms. The van der Waals surface area contributed by atoms with Gasteiger partial charge in [0.25, 0.3) is 0 Å². The summed E-state index contributed by atoms with van der Waals surface area (Å²) in [5.74, 6) is 0.508. The van der Waals surface area contributed by atoms with Gasteiger partial charge in [-0.1, -0.05) is 12.1 Å². The summed E-state index contributed by atoms with van der Waals surface area (Å²) >= 11 is 1.64. The molecule has 0 radical (unpaired) electrons. The summed E-state index contributed by atoms with van der Waals surface area (Å²) in [5, 5.41) is 9.03. The van der Waals surface area contributed by atoms with Gasteiger partial charge < -0.3 is 5.73 Å². The number of H-pyrrole nitrogens is 1. The molecule has 0 spiro atoms. The molecule has 0 saturated carbocycles. The number of anilines is 1. The van der Waals surface area contributed by atoms with Crippen LogP contribution in [-0.2, 0) is 0 Å². The average molecular weight is 242 g/mol. The van der Waals surface area contributed by atoms with Crippen molar-refractivity contribution in [1.82, 2.24) is 15.2 Å². The standard InChI is InChI=1S/C12H10N4S/c13-12-10(9-5-3-7-17-9)11(15-16-12)8-4-1-2-6-14-8/h1-7H,(H3,13,15,16). The van der Waals surface area contributed by atoms with E-state index in [0.717, 1.165) is 21.8 Å². The van der Waals surface area contributed by atoms with Crippen molar-refractivity contribution in [3.05, 3.63) is 41.9 Å². The van der Waals surface area contributed by atoms with Gasteiger partial charge >= 0.3 is 0 Å². The number of thiophene rings is 1. The highest BCUT2D eigenvalue weighted by Crippen LogP contribution is 2.36. The lowest BCUT2D eigenvalue weighted by molar-refractivity contribution is 1.09. The third-order valence-corrected chi connectivity index (χ3v) is 3.37. The highest BCUT2D eigenvalue weighted by atomic mass is 32.1. The molecule has 0 fully saturated rings. The molecule has 0 aliphatic rings. The van der Waals surface area contributed by atoms with Crippen LogP contribution in [0.5, 0.6) is 0 Å². The highest BCUT2D eigenvalue weighted by molar-refractivity contribution is 7.13. The van der Waals surface area contributed by atoms with E-state index in [9.17, 15) is 0 Å². The predicted octanol–water partition coefficient (Wildman–Crippen LogP) is 2.78. The average Bonchev–Trinajstić information content (AvgIpc) is 2.99. The maximum absolute atomic E-state index is 5.91. The van der Waals surface area contributed by atoms with Gasteiger partial charge in [0, 0.05) is 11.1 Å². The van der Waals surface area contributed by atoms with Gasteiger partial charge in [-0.05, 0) is 23.6 Å². The number of nitrogens with one attached hydrogen (secondary N) is 1. The van der Waals surface area contributed by atoms with E-state index >= 15 is 0 Å². The Labute approximate surface area is 102 Å². The molecule has 4 nitrogen and oxygen atoms in total. The van der Waals surface area contributed by atoms with Crippen LogP contribution in [-0.4, -0.2) is 15.2 Å². The summed E-state index contributed by atoms with van der Waals surface area (Å²) in [6, 6.07) is 9.78. The molecule has 0 amide bonds. The van der Waals surface area contributed by atoms with Gasteiger partial charge in [-0.3, -0.25) is 10.1 Å². The maximum Gasteiger partial charge on any atom is 0.154 e. The minimum absolute atomic E-state index is 0.508. The molecule has 3 rings (SSSR count). The number of nitrogens with zero attached hydrogens (tertiary/aromatic N) is 2. The Morgan fingerprint density at radius 3 is 2.82 bits per heavy atom. The van der Waals surface area contributed by atoms with Crippen molar-refractivity contribution in [3.8, 4) is 21.8 Å². The molecule has 0 saturated heterocycles. The zero-order chi connectivity index (χ0) is 11.7. The quantitative estimate of drug-likeness (QED) is 0.726. The van der Waals surface area contributed by atoms with Crippen molar-refractivity contribution in [2.75, 3.05) is 5.73 Å². The van der Waals surface area contributed by atoms with E-state index in [1.165, 1.54) is 0 Å². The number of hydrogen-bond acceptors (Lipinski definition) is 4. The van der Waals surface area contributed by atoms with E-state index in [4.69, 9.17) is 5.73 Å². The lowest BCUT2D eigenvalue weighted by atomic mass is 10.1. The molecule has 0 aliphatic heterocycles. The molecule has 0 unspecified atom stereocenters. The molecule has 84 valence electrons. The first kappa shape index (κ1) is 10.0. The second-order valence-corrected chi connectivity index (χ2v) is 4.50. The predicted molar refractivity (Wildman–Crippen MR) is 69.5 cm³/mol. The number of nitrogen functional groups attached to an aromatic ring is 1. The van der Waals surface area contributed by atoms with Gasteiger partial charge in [0.15, 0.2) is 5.82 Å². The van der Waals surface area contributed by atoms with E-state index in [-0.39, 0.29) is 0 Å². The van der Waals surface area contributed by atoms with Gasteiger partial charge in [0.05, 0.1) is 17.0 Å². The molecule has 0 aromatic carbocycles. The lowest BCUT2D eigenvalue weighted by Gasteiger charge is -2.00. The summed E-state index contributed by atoms with van der Waals surface area (Å²) in [4.78, 5) is 5.41. The Morgan fingerprint density at radius 2 is 2.12 bits per heavy atom. The van der Waals surface area contributed by atoms with E-state index < -0.39 is 0 Å². The van der Waals surface area contributed by atoms with E-state index in [0.29, 0.717) is 5.82 Å². The fourth-order valence-electron chi connectivity index (χ4n) is 1.72. The molecule has 0 aliphatic carbocycles. The molecule has 5 heteroatoms. The van der Waals surface area contributed by atoms with Crippen LogP contribution in [0.3, 0.4) is 0 Å². The Balaban J connectivity index is 2.20. The van der Waals surface area contributed by atoms with Crippen LogP contribution >= 0.6 is 11.3 Å². The van der Waals surface area contributed by atoms with Gasteiger partial charge in [0.2, 0.25) is 0 Å². The summed E-state index contributed by atoms with van der Waals surface area (Å²) in [5.41, 5.74) is 8.55. The first-order valence-corrected chi connectivity index (χ1v) is 6.03. The van der Waals surface area contributed by atoms with Crippen LogP contribution in [0.2, 0.25) is 0 Å². The zero-order valence-corrected chi connectivity index (χ0v) is 9.74. The highest BCUT2D eigenvalue weighted by Gasteiger charge is 2.15. The molecule has 3 aromatic heterocycles. The van der Waals surface area contributed by atoms with E-state index in [2.05, 4.69) is 15.2 Å². The Bertz CT molecular complexity index is 613. The number of hydrogen-bond donors (Lipinski definition) is 2. The molecule has 0 atom stereocenters. The minimum atomic E-state index is 0.508. The van der Waals surface area contributed by atoms with Crippen molar-refractivity contribution in [2.24, 2.45) is 0 Å². The number of nitrogens with two attached hydrogens (primary N) is 1. The zero-order valence-electron chi connectivity index (χ0n) is 8.92. The first-order valence-electron chi connectivity index (χ1n) is 5.15. The summed E-state index contributed by atoms with van der Waals surface area (Å²) < 4.78 is 0. The van der Waals surface area contributed by atoms with Crippen LogP contribution in [0.1, 0.15) is 0 Å². The third kappa shape index (κ3) is 1.70. The van der Waals surface area contributed by atoms with Crippen molar-refractivity contribution in [1.29, 1.82) is 0 Å². The topological polar surface area (TPSA) is 67.6 Å². The smallest absolute Gasteiger partial charge is 0.154 e. The maximum atomic E-state index is 5.91. The molecule has 3 N–H and O–H groups in total. The van der Waals surface area contributed by atoms with Crippen LogP contribution in [0.4, 0.5) is 5.82 Å². The van der Waals surface area contributed by atoms with E-state index in [1.807, 2.05) is 35.7 Å². The van der Waals surface area contributed by atoms with Crippen molar-refractivity contribution >= 4 is 17.2 Å². The van der Waals surface area contributed by atoms with Gasteiger partial charge in [0.1, 0.15) is 0 Å². The number of aromatic amines is 1. The van der Waals surface area contributed by atoms with Crippen molar-refractivity contribution in [3.63, 3.8) is 0 Å². The second kappa shape index (κ2) is 4.03. The Morgan fingerprint density at radius 1 is 1.18 bits per heavy atom. The molecular formula is C12H10N4S. The van der Waals surface area contributed by atoms with Crippen LogP contribution in [0.25, 0.3) is 21.8 Å². The van der Waals surface area contributed by atoms with Gasteiger partial charge in [-0.2, -0.15) is 5.10 Å². The SMILES string of the molecule is Nc1n[nH]c(-c2ccccn2)c1-c1cccs1. The van der Waals surface area contributed by atoms with Crippen LogP contribution in [0.15, 0.2) is 41.9 Å².